The van der Waals surface area contributed by atoms with E-state index in [1.54, 1.807) is 16.8 Å². The normalized spacial score (nSPS) is 15.2. The standard InChI is InChI=1S/C35H37N3O4/c1-25(27-10-5-3-6-11-27)20-33(40)37-18-16-35(42,17-19-37)24-38-23-32(29-14-9-15-30(21-29)36-26(2)39)31(22-34(38)41)28-12-7-4-8-13-28/h3-15,21-23,25,42H,16-20,24H2,1-2H3,(H,36,39)/t25-/m1/s1. The minimum Gasteiger partial charge on any atom is -0.388 e. The molecule has 2 N–H and O–H groups in total. The zero-order valence-corrected chi connectivity index (χ0v) is 24.1. The fourth-order valence-corrected chi connectivity index (χ4v) is 5.69. The zero-order chi connectivity index (χ0) is 29.7. The van der Waals surface area contributed by atoms with E-state index in [0.29, 0.717) is 38.0 Å². The third-order valence-corrected chi connectivity index (χ3v) is 8.07. The maximum Gasteiger partial charge on any atom is 0.251 e. The zero-order valence-electron chi connectivity index (χ0n) is 24.1. The molecule has 0 unspecified atom stereocenters. The van der Waals surface area contributed by atoms with Crippen molar-refractivity contribution in [1.82, 2.24) is 9.47 Å². The Labute approximate surface area is 246 Å². The predicted octanol–water partition coefficient (Wildman–Crippen LogP) is 5.69. The van der Waals surface area contributed by atoms with Gasteiger partial charge in [0.1, 0.15) is 0 Å². The Hall–Kier alpha value is -4.49. The molecule has 1 aliphatic rings. The van der Waals surface area contributed by atoms with Crippen LogP contribution in [0.15, 0.2) is 102 Å². The fraction of sp³-hybridized carbons (Fsp3) is 0.286. The van der Waals surface area contributed by atoms with E-state index < -0.39 is 5.60 Å². The molecule has 2 amide bonds. The average Bonchev–Trinajstić information content (AvgIpc) is 2.99. The van der Waals surface area contributed by atoms with Crippen LogP contribution in [0.5, 0.6) is 0 Å². The Bertz CT molecular complexity index is 1610. The van der Waals surface area contributed by atoms with Crippen LogP contribution in [-0.2, 0) is 16.1 Å². The smallest absolute Gasteiger partial charge is 0.251 e. The largest absolute Gasteiger partial charge is 0.388 e. The van der Waals surface area contributed by atoms with E-state index in [2.05, 4.69) is 12.2 Å². The summed E-state index contributed by atoms with van der Waals surface area (Å²) in [5.41, 5.74) is 3.81. The number of likely N-dealkylation sites (tertiary alicyclic amines) is 1. The number of amides is 2. The fourth-order valence-electron chi connectivity index (χ4n) is 5.69. The molecule has 1 aliphatic heterocycles. The summed E-state index contributed by atoms with van der Waals surface area (Å²) < 4.78 is 1.57. The van der Waals surface area contributed by atoms with Gasteiger partial charge in [0, 0.05) is 49.9 Å². The molecule has 1 aromatic heterocycles. The Morgan fingerprint density at radius 3 is 2.19 bits per heavy atom. The van der Waals surface area contributed by atoms with E-state index in [1.165, 1.54) is 6.92 Å². The van der Waals surface area contributed by atoms with Gasteiger partial charge in [-0.25, -0.2) is 0 Å². The molecule has 0 radical (unpaired) electrons. The van der Waals surface area contributed by atoms with Crippen LogP contribution in [0, 0.1) is 0 Å². The molecule has 7 nitrogen and oxygen atoms in total. The molecule has 42 heavy (non-hydrogen) atoms. The summed E-state index contributed by atoms with van der Waals surface area (Å²) >= 11 is 0. The third-order valence-electron chi connectivity index (χ3n) is 8.07. The van der Waals surface area contributed by atoms with Crippen molar-refractivity contribution in [3.8, 4) is 22.3 Å². The van der Waals surface area contributed by atoms with Crippen LogP contribution in [0.25, 0.3) is 22.3 Å². The predicted molar refractivity (Wildman–Crippen MR) is 166 cm³/mol. The Balaban J connectivity index is 1.36. The molecule has 1 fully saturated rings. The van der Waals surface area contributed by atoms with Crippen molar-refractivity contribution in [2.24, 2.45) is 0 Å². The second-order valence-electron chi connectivity index (χ2n) is 11.3. The van der Waals surface area contributed by atoms with Crippen LogP contribution in [0.3, 0.4) is 0 Å². The summed E-state index contributed by atoms with van der Waals surface area (Å²) in [4.78, 5) is 39.9. The van der Waals surface area contributed by atoms with E-state index in [4.69, 9.17) is 0 Å². The number of aromatic nitrogens is 1. The van der Waals surface area contributed by atoms with Crippen LogP contribution < -0.4 is 10.9 Å². The highest BCUT2D eigenvalue weighted by atomic mass is 16.3. The number of carbonyl (C=O) groups is 2. The van der Waals surface area contributed by atoms with Gasteiger partial charge in [-0.3, -0.25) is 14.4 Å². The maximum atomic E-state index is 13.4. The molecule has 0 saturated carbocycles. The topological polar surface area (TPSA) is 91.6 Å². The Morgan fingerprint density at radius 1 is 0.881 bits per heavy atom. The number of nitrogens with one attached hydrogen (secondary N) is 1. The summed E-state index contributed by atoms with van der Waals surface area (Å²) in [7, 11) is 0. The number of carbonyl (C=O) groups excluding carboxylic acids is 2. The lowest BCUT2D eigenvalue weighted by atomic mass is 9.89. The van der Waals surface area contributed by atoms with Crippen molar-refractivity contribution in [2.75, 3.05) is 18.4 Å². The highest BCUT2D eigenvalue weighted by Gasteiger charge is 2.35. The molecule has 5 rings (SSSR count). The van der Waals surface area contributed by atoms with E-state index in [9.17, 15) is 19.5 Å². The first-order chi connectivity index (χ1) is 20.2. The first-order valence-corrected chi connectivity index (χ1v) is 14.4. The van der Waals surface area contributed by atoms with Gasteiger partial charge >= 0.3 is 0 Å². The number of benzene rings is 3. The highest BCUT2D eigenvalue weighted by Crippen LogP contribution is 2.33. The minimum atomic E-state index is -1.12. The first-order valence-electron chi connectivity index (χ1n) is 14.4. The monoisotopic (exact) mass is 563 g/mol. The number of nitrogens with zero attached hydrogens (tertiary/aromatic N) is 2. The molecule has 216 valence electrons. The van der Waals surface area contributed by atoms with Crippen molar-refractivity contribution in [1.29, 1.82) is 0 Å². The summed E-state index contributed by atoms with van der Waals surface area (Å²) in [6.45, 7) is 4.54. The van der Waals surface area contributed by atoms with E-state index in [0.717, 1.165) is 27.8 Å². The van der Waals surface area contributed by atoms with Crippen molar-refractivity contribution in [3.05, 3.63) is 113 Å². The molecule has 7 heteroatoms. The van der Waals surface area contributed by atoms with Crippen LogP contribution >= 0.6 is 0 Å². The number of hydrogen-bond donors (Lipinski definition) is 2. The van der Waals surface area contributed by atoms with Gasteiger partial charge in [0.15, 0.2) is 0 Å². The van der Waals surface area contributed by atoms with Gasteiger partial charge in [-0.1, -0.05) is 79.7 Å². The molecular formula is C35H37N3O4. The van der Waals surface area contributed by atoms with Gasteiger partial charge in [-0.2, -0.15) is 0 Å². The molecule has 1 saturated heterocycles. The highest BCUT2D eigenvalue weighted by molar-refractivity contribution is 5.90. The van der Waals surface area contributed by atoms with Crippen molar-refractivity contribution < 1.29 is 14.7 Å². The molecule has 0 bridgehead atoms. The van der Waals surface area contributed by atoms with Crippen molar-refractivity contribution in [3.63, 3.8) is 0 Å². The van der Waals surface area contributed by atoms with Crippen LogP contribution in [0.2, 0.25) is 0 Å². The lowest BCUT2D eigenvalue weighted by Crippen LogP contribution is -2.49. The maximum absolute atomic E-state index is 13.4. The Kier molecular flexibility index (Phi) is 8.69. The van der Waals surface area contributed by atoms with Gasteiger partial charge < -0.3 is 19.9 Å². The molecule has 3 aromatic carbocycles. The van der Waals surface area contributed by atoms with Crippen LogP contribution in [0.1, 0.15) is 44.6 Å². The van der Waals surface area contributed by atoms with Gasteiger partial charge in [-0.15, -0.1) is 0 Å². The molecule has 0 aliphatic carbocycles. The van der Waals surface area contributed by atoms with Gasteiger partial charge in [0.2, 0.25) is 11.8 Å². The number of rotatable bonds is 8. The average molecular weight is 564 g/mol. The van der Waals surface area contributed by atoms with Gasteiger partial charge in [0.25, 0.3) is 5.56 Å². The third kappa shape index (κ3) is 6.86. The summed E-state index contributed by atoms with van der Waals surface area (Å²) in [5, 5.41) is 14.4. The second kappa shape index (κ2) is 12.6. The molecule has 1 atom stereocenters. The SMILES string of the molecule is CC(=O)Nc1cccc(-c2cn(CC3(O)CCN(C(=O)C[C@@H](C)c4ccccc4)CC3)c(=O)cc2-c2ccccc2)c1. The summed E-state index contributed by atoms with van der Waals surface area (Å²) in [5.74, 6) is 0.0323. The van der Waals surface area contributed by atoms with Crippen molar-refractivity contribution in [2.45, 2.75) is 51.2 Å². The quantitative estimate of drug-likeness (QED) is 0.288. The Morgan fingerprint density at radius 2 is 1.52 bits per heavy atom. The number of aliphatic hydroxyl groups is 1. The molecule has 0 spiro atoms. The summed E-state index contributed by atoms with van der Waals surface area (Å²) in [6.07, 6.45) is 3.00. The number of piperidine rings is 1. The van der Waals surface area contributed by atoms with Crippen molar-refractivity contribution >= 4 is 17.5 Å². The number of anilines is 1. The molecule has 4 aromatic rings. The molecular weight excluding hydrogens is 526 g/mol. The first kappa shape index (κ1) is 29.0. The lowest BCUT2D eigenvalue weighted by Gasteiger charge is -2.39. The van der Waals surface area contributed by atoms with Crippen LogP contribution in [-0.4, -0.2) is 45.1 Å². The summed E-state index contributed by atoms with van der Waals surface area (Å²) in [6, 6.07) is 28.8. The minimum absolute atomic E-state index is 0.0825. The van der Waals surface area contributed by atoms with Crippen LogP contribution in [0.4, 0.5) is 5.69 Å². The number of pyridine rings is 1. The molecule has 2 heterocycles. The van der Waals surface area contributed by atoms with E-state index in [1.807, 2.05) is 89.8 Å². The van der Waals surface area contributed by atoms with E-state index in [-0.39, 0.29) is 29.8 Å². The van der Waals surface area contributed by atoms with Gasteiger partial charge in [-0.05, 0) is 53.1 Å². The number of hydrogen-bond acceptors (Lipinski definition) is 4. The van der Waals surface area contributed by atoms with Gasteiger partial charge in [0.05, 0.1) is 12.1 Å². The second-order valence-corrected chi connectivity index (χ2v) is 11.3. The lowest BCUT2D eigenvalue weighted by molar-refractivity contribution is -0.136. The van der Waals surface area contributed by atoms with E-state index >= 15 is 0 Å².